The predicted molar refractivity (Wildman–Crippen MR) is 56.4 cm³/mol. The van der Waals surface area contributed by atoms with Gasteiger partial charge in [0.1, 0.15) is 0 Å². The second-order valence-corrected chi connectivity index (χ2v) is 4.99. The molecule has 0 amide bonds. The van der Waals surface area contributed by atoms with Crippen molar-refractivity contribution >= 4 is 10.2 Å². The molecule has 0 heterocycles. The highest BCUT2D eigenvalue weighted by molar-refractivity contribution is 7.87. The van der Waals surface area contributed by atoms with Crippen LogP contribution in [0.2, 0.25) is 0 Å². The molecule has 108 valence electrons. The van der Waals surface area contributed by atoms with E-state index in [0.717, 1.165) is 12.1 Å². The van der Waals surface area contributed by atoms with Crippen LogP contribution in [0.4, 0.5) is 22.0 Å². The van der Waals surface area contributed by atoms with Crippen LogP contribution in [0.25, 0.3) is 0 Å². The minimum absolute atomic E-state index is 0.486. The predicted octanol–water partition coefficient (Wildman–Crippen LogP) is 1.59. The monoisotopic (exact) mass is 304 g/mol. The highest BCUT2D eigenvalue weighted by Crippen LogP contribution is 2.38. The number of hydrogen-bond acceptors (Lipinski definition) is 2. The first-order valence-corrected chi connectivity index (χ1v) is 6.30. The summed E-state index contributed by atoms with van der Waals surface area (Å²) in [5, 5.41) is 4.45. The van der Waals surface area contributed by atoms with Crippen LogP contribution in [0.15, 0.2) is 24.3 Å². The van der Waals surface area contributed by atoms with Crippen molar-refractivity contribution in [3.05, 3.63) is 35.4 Å². The maximum Gasteiger partial charge on any atom is 0.416 e. The van der Waals surface area contributed by atoms with Gasteiger partial charge in [-0.15, -0.1) is 0 Å². The van der Waals surface area contributed by atoms with E-state index in [1.54, 1.807) is 0 Å². The number of halogens is 5. The van der Waals surface area contributed by atoms with Gasteiger partial charge in [0.25, 0.3) is 16.1 Å². The van der Waals surface area contributed by atoms with Crippen molar-refractivity contribution < 1.29 is 30.4 Å². The lowest BCUT2D eigenvalue weighted by atomic mass is 10.0. The van der Waals surface area contributed by atoms with Gasteiger partial charge in [-0.2, -0.15) is 35.1 Å². The SMILES string of the molecule is NS(=O)(=O)NCC(F)(F)c1ccccc1C(F)(F)F. The lowest BCUT2D eigenvalue weighted by molar-refractivity contribution is -0.141. The summed E-state index contributed by atoms with van der Waals surface area (Å²) in [5.41, 5.74) is -2.85. The van der Waals surface area contributed by atoms with Crippen LogP contribution in [-0.4, -0.2) is 15.0 Å². The fourth-order valence-corrected chi connectivity index (χ4v) is 1.72. The molecule has 0 spiro atoms. The molecule has 0 aromatic heterocycles. The van der Waals surface area contributed by atoms with E-state index in [1.807, 2.05) is 0 Å². The third-order valence-electron chi connectivity index (χ3n) is 2.12. The van der Waals surface area contributed by atoms with E-state index in [2.05, 4.69) is 5.14 Å². The summed E-state index contributed by atoms with van der Waals surface area (Å²) < 4.78 is 87.1. The largest absolute Gasteiger partial charge is 0.416 e. The number of rotatable bonds is 4. The quantitative estimate of drug-likeness (QED) is 0.829. The third-order valence-corrected chi connectivity index (χ3v) is 2.67. The molecular weight excluding hydrogens is 295 g/mol. The molecule has 0 radical (unpaired) electrons. The number of benzene rings is 1. The van der Waals surface area contributed by atoms with Crippen molar-refractivity contribution in [1.29, 1.82) is 0 Å². The Morgan fingerprint density at radius 2 is 1.53 bits per heavy atom. The fraction of sp³-hybridized carbons (Fsp3) is 0.333. The zero-order valence-electron chi connectivity index (χ0n) is 9.21. The van der Waals surface area contributed by atoms with E-state index >= 15 is 0 Å². The van der Waals surface area contributed by atoms with E-state index in [1.165, 1.54) is 4.72 Å². The standard InChI is InChI=1S/C9H9F5N2O2S/c10-8(11,5-16-19(15,17)18)6-3-1-2-4-7(6)9(12,13)14/h1-4,16H,5H2,(H2,15,17,18). The molecule has 0 saturated carbocycles. The van der Waals surface area contributed by atoms with E-state index in [-0.39, 0.29) is 0 Å². The molecule has 10 heteroatoms. The molecule has 0 unspecified atom stereocenters. The summed E-state index contributed by atoms with van der Waals surface area (Å²) in [5.74, 6) is -4.04. The second kappa shape index (κ2) is 5.02. The van der Waals surface area contributed by atoms with Crippen LogP contribution in [0.5, 0.6) is 0 Å². The Morgan fingerprint density at radius 3 is 1.95 bits per heavy atom. The minimum Gasteiger partial charge on any atom is -0.216 e. The van der Waals surface area contributed by atoms with Crippen LogP contribution in [-0.2, 0) is 22.3 Å². The van der Waals surface area contributed by atoms with Gasteiger partial charge in [0.05, 0.1) is 12.1 Å². The molecule has 0 aliphatic carbocycles. The normalized spacial score (nSPS) is 13.6. The van der Waals surface area contributed by atoms with E-state index in [4.69, 9.17) is 0 Å². The van der Waals surface area contributed by atoms with Crippen LogP contribution in [0, 0.1) is 0 Å². The summed E-state index contributed by atoms with van der Waals surface area (Å²) in [7, 11) is -4.42. The van der Waals surface area contributed by atoms with E-state index in [9.17, 15) is 30.4 Å². The second-order valence-electron chi connectivity index (χ2n) is 3.61. The van der Waals surface area contributed by atoms with Crippen LogP contribution in [0.1, 0.15) is 11.1 Å². The number of nitrogens with two attached hydrogens (primary N) is 1. The molecule has 1 aromatic rings. The Balaban J connectivity index is 3.15. The molecular formula is C9H9F5N2O2S. The third kappa shape index (κ3) is 4.40. The molecule has 19 heavy (non-hydrogen) atoms. The zero-order valence-corrected chi connectivity index (χ0v) is 10.0. The summed E-state index contributed by atoms with van der Waals surface area (Å²) >= 11 is 0. The van der Waals surface area contributed by atoms with Gasteiger partial charge in [0, 0.05) is 5.56 Å². The van der Waals surface area contributed by atoms with Crippen molar-refractivity contribution in [2.24, 2.45) is 5.14 Å². The van der Waals surface area contributed by atoms with Gasteiger partial charge in [0.2, 0.25) is 0 Å². The summed E-state index contributed by atoms with van der Waals surface area (Å²) in [4.78, 5) is 0. The average Bonchev–Trinajstić information content (AvgIpc) is 2.25. The number of hydrogen-bond donors (Lipinski definition) is 2. The lowest BCUT2D eigenvalue weighted by Crippen LogP contribution is -2.39. The molecule has 0 aliphatic rings. The lowest BCUT2D eigenvalue weighted by Gasteiger charge is -2.21. The topological polar surface area (TPSA) is 72.2 Å². The van der Waals surface area contributed by atoms with Crippen molar-refractivity contribution in [3.8, 4) is 0 Å². The first-order chi connectivity index (χ1) is 8.43. The molecule has 1 rings (SSSR count). The van der Waals surface area contributed by atoms with Gasteiger partial charge in [-0.1, -0.05) is 18.2 Å². The fourth-order valence-electron chi connectivity index (χ4n) is 1.34. The molecule has 0 saturated heterocycles. The van der Waals surface area contributed by atoms with Crippen LogP contribution >= 0.6 is 0 Å². The van der Waals surface area contributed by atoms with E-state index in [0.29, 0.717) is 12.1 Å². The van der Waals surface area contributed by atoms with Gasteiger partial charge < -0.3 is 0 Å². The van der Waals surface area contributed by atoms with Crippen molar-refractivity contribution in [1.82, 2.24) is 4.72 Å². The molecule has 4 nitrogen and oxygen atoms in total. The molecule has 1 aromatic carbocycles. The highest BCUT2D eigenvalue weighted by Gasteiger charge is 2.42. The van der Waals surface area contributed by atoms with Gasteiger partial charge in [-0.25, -0.2) is 5.14 Å². The van der Waals surface area contributed by atoms with Crippen LogP contribution < -0.4 is 9.86 Å². The number of alkyl halides is 5. The summed E-state index contributed by atoms with van der Waals surface area (Å²) in [6.45, 7) is -1.56. The maximum atomic E-state index is 13.6. The Kier molecular flexibility index (Phi) is 4.17. The first kappa shape index (κ1) is 15.8. The molecule has 0 bridgehead atoms. The zero-order chi connectivity index (χ0) is 14.9. The molecule has 3 N–H and O–H groups in total. The maximum absolute atomic E-state index is 13.6. The van der Waals surface area contributed by atoms with Gasteiger partial charge >= 0.3 is 6.18 Å². The molecule has 0 aliphatic heterocycles. The minimum atomic E-state index is -4.97. The number of nitrogens with one attached hydrogen (secondary N) is 1. The average molecular weight is 304 g/mol. The van der Waals surface area contributed by atoms with Gasteiger partial charge in [-0.05, 0) is 6.07 Å². The Labute approximate surface area is 105 Å². The smallest absolute Gasteiger partial charge is 0.216 e. The molecule has 0 fully saturated rings. The Bertz CT molecular complexity index is 556. The van der Waals surface area contributed by atoms with Gasteiger partial charge in [0.15, 0.2) is 0 Å². The summed E-state index contributed by atoms with van der Waals surface area (Å²) in [6, 6.07) is 3.01. The Hall–Kier alpha value is -1.26. The van der Waals surface area contributed by atoms with E-state index < -0.39 is 40.0 Å². The van der Waals surface area contributed by atoms with Crippen molar-refractivity contribution in [3.63, 3.8) is 0 Å². The Morgan fingerprint density at radius 1 is 1.05 bits per heavy atom. The van der Waals surface area contributed by atoms with Gasteiger partial charge in [-0.3, -0.25) is 0 Å². The first-order valence-electron chi connectivity index (χ1n) is 4.75. The molecule has 0 atom stereocenters. The van der Waals surface area contributed by atoms with Crippen molar-refractivity contribution in [2.75, 3.05) is 6.54 Å². The highest BCUT2D eigenvalue weighted by atomic mass is 32.2. The van der Waals surface area contributed by atoms with Crippen molar-refractivity contribution in [2.45, 2.75) is 12.1 Å². The summed E-state index contributed by atoms with van der Waals surface area (Å²) in [6.07, 6.45) is -4.97. The van der Waals surface area contributed by atoms with Crippen LogP contribution in [0.3, 0.4) is 0 Å².